The molecule has 0 aliphatic carbocycles. The Balaban J connectivity index is 1.53. The Morgan fingerprint density at radius 3 is 2.23 bits per heavy atom. The topological polar surface area (TPSA) is 40.6 Å². The van der Waals surface area contributed by atoms with Crippen molar-refractivity contribution in [3.63, 3.8) is 0 Å². The summed E-state index contributed by atoms with van der Waals surface area (Å²) in [4.78, 5) is 28.9. The summed E-state index contributed by atoms with van der Waals surface area (Å²) in [5, 5.41) is 0.618. The SMILES string of the molecule is O=C(CCc1ccccc1)N1CCCN(C(=O)c2ccc(Cl)cc2)CC1. The van der Waals surface area contributed by atoms with Crippen LogP contribution in [-0.2, 0) is 11.2 Å². The summed E-state index contributed by atoms with van der Waals surface area (Å²) in [7, 11) is 0. The van der Waals surface area contributed by atoms with Crippen LogP contribution >= 0.6 is 11.6 Å². The first-order valence-corrected chi connectivity index (χ1v) is 9.38. The number of carbonyl (C=O) groups excluding carboxylic acids is 2. The van der Waals surface area contributed by atoms with Gasteiger partial charge in [0, 0.05) is 43.2 Å². The third-order valence-corrected chi connectivity index (χ3v) is 4.95. The second-order valence-electron chi connectivity index (χ2n) is 6.52. The average molecular weight is 371 g/mol. The van der Waals surface area contributed by atoms with Gasteiger partial charge < -0.3 is 9.80 Å². The average Bonchev–Trinajstić information content (AvgIpc) is 2.93. The summed E-state index contributed by atoms with van der Waals surface area (Å²) in [5.74, 6) is 0.162. The van der Waals surface area contributed by atoms with Crippen molar-refractivity contribution in [1.82, 2.24) is 9.80 Å². The molecule has 136 valence electrons. The Morgan fingerprint density at radius 2 is 1.50 bits per heavy atom. The molecular formula is C21H23ClN2O2. The summed E-state index contributed by atoms with van der Waals surface area (Å²) >= 11 is 5.89. The van der Waals surface area contributed by atoms with Gasteiger partial charge in [0.25, 0.3) is 5.91 Å². The van der Waals surface area contributed by atoms with E-state index in [2.05, 4.69) is 0 Å². The second-order valence-corrected chi connectivity index (χ2v) is 6.96. The van der Waals surface area contributed by atoms with E-state index >= 15 is 0 Å². The van der Waals surface area contributed by atoms with Crippen LogP contribution in [-0.4, -0.2) is 47.8 Å². The Kier molecular flexibility index (Phi) is 6.29. The van der Waals surface area contributed by atoms with Gasteiger partial charge in [0.2, 0.25) is 5.91 Å². The first-order chi connectivity index (χ1) is 12.6. The van der Waals surface area contributed by atoms with Crippen LogP contribution in [0, 0.1) is 0 Å². The molecule has 0 bridgehead atoms. The molecule has 2 amide bonds. The molecule has 3 rings (SSSR count). The second kappa shape index (κ2) is 8.86. The lowest BCUT2D eigenvalue weighted by atomic mass is 10.1. The van der Waals surface area contributed by atoms with Gasteiger partial charge in [-0.15, -0.1) is 0 Å². The van der Waals surface area contributed by atoms with Crippen LogP contribution in [0.4, 0.5) is 0 Å². The first-order valence-electron chi connectivity index (χ1n) is 9.00. The quantitative estimate of drug-likeness (QED) is 0.824. The largest absolute Gasteiger partial charge is 0.341 e. The van der Waals surface area contributed by atoms with Crippen LogP contribution in [0.5, 0.6) is 0 Å². The molecule has 1 aliphatic heterocycles. The molecule has 2 aromatic carbocycles. The van der Waals surface area contributed by atoms with Gasteiger partial charge in [-0.05, 0) is 42.7 Å². The summed E-state index contributed by atoms with van der Waals surface area (Å²) in [6.45, 7) is 2.54. The summed E-state index contributed by atoms with van der Waals surface area (Å²) in [6, 6.07) is 17.0. The maximum Gasteiger partial charge on any atom is 0.253 e. The van der Waals surface area contributed by atoms with Gasteiger partial charge in [-0.1, -0.05) is 41.9 Å². The van der Waals surface area contributed by atoms with E-state index in [0.29, 0.717) is 43.2 Å². The Hall–Kier alpha value is -2.33. The molecule has 1 fully saturated rings. The van der Waals surface area contributed by atoms with Crippen molar-refractivity contribution in [1.29, 1.82) is 0 Å². The highest BCUT2D eigenvalue weighted by atomic mass is 35.5. The predicted octanol–water partition coefficient (Wildman–Crippen LogP) is 3.65. The lowest BCUT2D eigenvalue weighted by Crippen LogP contribution is -2.37. The van der Waals surface area contributed by atoms with Gasteiger partial charge in [-0.2, -0.15) is 0 Å². The van der Waals surface area contributed by atoms with E-state index in [1.807, 2.05) is 40.1 Å². The minimum absolute atomic E-state index is 0.000233. The smallest absolute Gasteiger partial charge is 0.253 e. The number of hydrogen-bond donors (Lipinski definition) is 0. The lowest BCUT2D eigenvalue weighted by Gasteiger charge is -2.22. The van der Waals surface area contributed by atoms with Gasteiger partial charge >= 0.3 is 0 Å². The first kappa shape index (κ1) is 18.5. The molecule has 5 heteroatoms. The molecule has 0 atom stereocenters. The number of amides is 2. The highest BCUT2D eigenvalue weighted by Gasteiger charge is 2.22. The fraction of sp³-hybridized carbons (Fsp3) is 0.333. The van der Waals surface area contributed by atoms with Crippen LogP contribution in [0.1, 0.15) is 28.8 Å². The highest BCUT2D eigenvalue weighted by molar-refractivity contribution is 6.30. The molecule has 1 heterocycles. The van der Waals surface area contributed by atoms with E-state index in [0.717, 1.165) is 12.8 Å². The van der Waals surface area contributed by atoms with Crippen LogP contribution in [0.15, 0.2) is 54.6 Å². The van der Waals surface area contributed by atoms with Crippen molar-refractivity contribution in [2.45, 2.75) is 19.3 Å². The molecule has 26 heavy (non-hydrogen) atoms. The molecule has 0 unspecified atom stereocenters. The van der Waals surface area contributed by atoms with Gasteiger partial charge in [0.1, 0.15) is 0 Å². The normalized spacial score (nSPS) is 14.8. The predicted molar refractivity (Wildman–Crippen MR) is 103 cm³/mol. The van der Waals surface area contributed by atoms with E-state index in [1.54, 1.807) is 24.3 Å². The van der Waals surface area contributed by atoms with Gasteiger partial charge in [-0.25, -0.2) is 0 Å². The molecular weight excluding hydrogens is 348 g/mol. The van der Waals surface area contributed by atoms with Gasteiger partial charge in [-0.3, -0.25) is 9.59 Å². The fourth-order valence-electron chi connectivity index (χ4n) is 3.20. The van der Waals surface area contributed by atoms with E-state index in [4.69, 9.17) is 11.6 Å². The molecule has 0 saturated carbocycles. The number of halogens is 1. The molecule has 0 N–H and O–H groups in total. The standard InChI is InChI=1S/C21H23ClN2O2/c22-19-10-8-18(9-11-19)21(26)24-14-4-13-23(15-16-24)20(25)12-7-17-5-2-1-3-6-17/h1-3,5-6,8-11H,4,7,12-16H2. The molecule has 0 radical (unpaired) electrons. The van der Waals surface area contributed by atoms with Crippen molar-refractivity contribution < 1.29 is 9.59 Å². The Morgan fingerprint density at radius 1 is 0.846 bits per heavy atom. The fourth-order valence-corrected chi connectivity index (χ4v) is 3.33. The third kappa shape index (κ3) is 4.85. The zero-order valence-corrected chi connectivity index (χ0v) is 15.5. The van der Waals surface area contributed by atoms with Crippen molar-refractivity contribution >= 4 is 23.4 Å². The van der Waals surface area contributed by atoms with Crippen LogP contribution in [0.3, 0.4) is 0 Å². The molecule has 1 saturated heterocycles. The van der Waals surface area contributed by atoms with Crippen LogP contribution in [0.2, 0.25) is 5.02 Å². The monoisotopic (exact) mass is 370 g/mol. The van der Waals surface area contributed by atoms with E-state index < -0.39 is 0 Å². The number of nitrogens with zero attached hydrogens (tertiary/aromatic N) is 2. The molecule has 0 spiro atoms. The number of benzene rings is 2. The molecule has 2 aromatic rings. The number of hydrogen-bond acceptors (Lipinski definition) is 2. The van der Waals surface area contributed by atoms with E-state index in [1.165, 1.54) is 5.56 Å². The Labute approximate surface area is 159 Å². The van der Waals surface area contributed by atoms with Crippen molar-refractivity contribution in [3.8, 4) is 0 Å². The highest BCUT2D eigenvalue weighted by Crippen LogP contribution is 2.14. The van der Waals surface area contributed by atoms with Crippen molar-refractivity contribution in [2.24, 2.45) is 0 Å². The number of carbonyl (C=O) groups is 2. The van der Waals surface area contributed by atoms with E-state index in [9.17, 15) is 9.59 Å². The van der Waals surface area contributed by atoms with Crippen molar-refractivity contribution in [2.75, 3.05) is 26.2 Å². The van der Waals surface area contributed by atoms with Crippen LogP contribution in [0.25, 0.3) is 0 Å². The number of aryl methyl sites for hydroxylation is 1. The summed E-state index contributed by atoms with van der Waals surface area (Å²) in [5.41, 5.74) is 1.81. The van der Waals surface area contributed by atoms with Crippen LogP contribution < -0.4 is 0 Å². The molecule has 0 aromatic heterocycles. The minimum Gasteiger partial charge on any atom is -0.341 e. The summed E-state index contributed by atoms with van der Waals surface area (Å²) in [6.07, 6.45) is 2.06. The van der Waals surface area contributed by atoms with Crippen molar-refractivity contribution in [3.05, 3.63) is 70.7 Å². The number of rotatable bonds is 4. The maximum absolute atomic E-state index is 12.6. The third-order valence-electron chi connectivity index (χ3n) is 4.70. The zero-order chi connectivity index (χ0) is 18.4. The zero-order valence-electron chi connectivity index (χ0n) is 14.7. The molecule has 1 aliphatic rings. The minimum atomic E-state index is 0.000233. The van der Waals surface area contributed by atoms with E-state index in [-0.39, 0.29) is 11.8 Å². The molecule has 4 nitrogen and oxygen atoms in total. The lowest BCUT2D eigenvalue weighted by molar-refractivity contribution is -0.131. The van der Waals surface area contributed by atoms with Gasteiger partial charge in [0.15, 0.2) is 0 Å². The Bertz CT molecular complexity index is 746. The summed E-state index contributed by atoms with van der Waals surface area (Å²) < 4.78 is 0. The maximum atomic E-state index is 12.6. The van der Waals surface area contributed by atoms with Gasteiger partial charge in [0.05, 0.1) is 0 Å².